The molecular formula is C25H16ClNOS. The van der Waals surface area contributed by atoms with Gasteiger partial charge in [0.15, 0.2) is 0 Å². The molecule has 29 heavy (non-hydrogen) atoms. The van der Waals surface area contributed by atoms with Crippen LogP contribution >= 0.6 is 22.9 Å². The molecule has 0 atom stereocenters. The van der Waals surface area contributed by atoms with Crippen LogP contribution in [0.2, 0.25) is 5.02 Å². The van der Waals surface area contributed by atoms with Crippen molar-refractivity contribution in [3.8, 4) is 38.6 Å². The molecule has 0 amide bonds. The molecule has 5 rings (SSSR count). The third-order valence-electron chi connectivity index (χ3n) is 4.89. The first kappa shape index (κ1) is 17.9. The van der Waals surface area contributed by atoms with Gasteiger partial charge in [-0.3, -0.25) is 0 Å². The molecule has 0 aliphatic heterocycles. The third kappa shape index (κ3) is 3.39. The Balaban J connectivity index is 1.61. The van der Waals surface area contributed by atoms with Crippen LogP contribution in [-0.2, 0) is 0 Å². The Morgan fingerprint density at radius 2 is 1.38 bits per heavy atom. The van der Waals surface area contributed by atoms with E-state index in [4.69, 9.17) is 11.6 Å². The van der Waals surface area contributed by atoms with Gasteiger partial charge < -0.3 is 5.11 Å². The van der Waals surface area contributed by atoms with Crippen LogP contribution in [0.5, 0.6) is 5.75 Å². The summed E-state index contributed by atoms with van der Waals surface area (Å²) >= 11 is 8.12. The topological polar surface area (TPSA) is 33.1 Å². The van der Waals surface area contributed by atoms with Gasteiger partial charge in [0.25, 0.3) is 0 Å². The average molecular weight is 414 g/mol. The van der Waals surface area contributed by atoms with E-state index < -0.39 is 0 Å². The maximum absolute atomic E-state index is 10.2. The molecule has 0 saturated carbocycles. The van der Waals surface area contributed by atoms with E-state index >= 15 is 0 Å². The number of benzene rings is 4. The fourth-order valence-electron chi connectivity index (χ4n) is 3.43. The predicted octanol–water partition coefficient (Wildman–Crippen LogP) is 7.66. The standard InChI is InChI=1S/C25H16ClNOS/c26-21-14-19(18-10-6-9-17(13-18)16-7-2-1-3-8-16)15-23-24(21)27-25(29-23)20-11-4-5-12-22(20)28/h1-15,28H. The van der Waals surface area contributed by atoms with E-state index in [9.17, 15) is 5.11 Å². The second-order valence-corrected chi connectivity index (χ2v) is 8.23. The second kappa shape index (κ2) is 7.36. The number of nitrogens with zero attached hydrogens (tertiary/aromatic N) is 1. The molecule has 0 radical (unpaired) electrons. The molecule has 0 bridgehead atoms. The van der Waals surface area contributed by atoms with E-state index in [0.29, 0.717) is 5.02 Å². The molecule has 0 fully saturated rings. The largest absolute Gasteiger partial charge is 0.507 e. The molecule has 0 aliphatic carbocycles. The number of thiazole rings is 1. The van der Waals surface area contributed by atoms with Gasteiger partial charge in [0.05, 0.1) is 15.3 Å². The summed E-state index contributed by atoms with van der Waals surface area (Å²) in [6.45, 7) is 0. The van der Waals surface area contributed by atoms with Crippen molar-refractivity contribution in [2.75, 3.05) is 0 Å². The van der Waals surface area contributed by atoms with Gasteiger partial charge in [0.2, 0.25) is 0 Å². The SMILES string of the molecule is Oc1ccccc1-c1nc2c(Cl)cc(-c3cccc(-c4ccccc4)c3)cc2s1. The van der Waals surface area contributed by atoms with Gasteiger partial charge in [-0.05, 0) is 52.6 Å². The number of halogens is 1. The van der Waals surface area contributed by atoms with E-state index in [2.05, 4.69) is 47.4 Å². The Morgan fingerprint density at radius 1 is 0.690 bits per heavy atom. The Hall–Kier alpha value is -3.14. The first-order valence-electron chi connectivity index (χ1n) is 9.23. The molecule has 1 heterocycles. The van der Waals surface area contributed by atoms with Crippen LogP contribution in [0.15, 0.2) is 91.0 Å². The minimum absolute atomic E-state index is 0.221. The van der Waals surface area contributed by atoms with Crippen molar-refractivity contribution in [1.29, 1.82) is 0 Å². The molecular weight excluding hydrogens is 398 g/mol. The zero-order valence-corrected chi connectivity index (χ0v) is 16.9. The van der Waals surface area contributed by atoms with Gasteiger partial charge in [-0.2, -0.15) is 0 Å². The Labute approximate surface area is 177 Å². The molecule has 1 N–H and O–H groups in total. The molecule has 140 valence electrons. The lowest BCUT2D eigenvalue weighted by molar-refractivity contribution is 0.477. The van der Waals surface area contributed by atoms with Crippen LogP contribution in [0.1, 0.15) is 0 Å². The van der Waals surface area contributed by atoms with E-state index in [1.165, 1.54) is 22.5 Å². The number of fused-ring (bicyclic) bond motifs is 1. The monoisotopic (exact) mass is 413 g/mol. The van der Waals surface area contributed by atoms with Crippen LogP contribution in [0.3, 0.4) is 0 Å². The quantitative estimate of drug-likeness (QED) is 0.329. The summed E-state index contributed by atoms with van der Waals surface area (Å²) in [6, 6.07) is 30.1. The molecule has 4 aromatic carbocycles. The van der Waals surface area contributed by atoms with Crippen LogP contribution in [0.25, 0.3) is 43.0 Å². The van der Waals surface area contributed by atoms with Crippen molar-refractivity contribution >= 4 is 33.2 Å². The minimum atomic E-state index is 0.221. The first-order chi connectivity index (χ1) is 14.2. The second-order valence-electron chi connectivity index (χ2n) is 6.79. The number of rotatable bonds is 3. The van der Waals surface area contributed by atoms with Crippen LogP contribution < -0.4 is 0 Å². The normalized spacial score (nSPS) is 11.1. The molecule has 0 unspecified atom stereocenters. The molecule has 4 heteroatoms. The van der Waals surface area contributed by atoms with Crippen LogP contribution in [0.4, 0.5) is 0 Å². The number of phenols is 1. The third-order valence-corrected chi connectivity index (χ3v) is 6.21. The van der Waals surface area contributed by atoms with Crippen molar-refractivity contribution in [2.45, 2.75) is 0 Å². The Kier molecular flexibility index (Phi) is 4.55. The number of hydrogen-bond acceptors (Lipinski definition) is 3. The minimum Gasteiger partial charge on any atom is -0.507 e. The number of phenolic OH excluding ortho intramolecular Hbond substituents is 1. The van der Waals surface area contributed by atoms with Gasteiger partial charge in [-0.15, -0.1) is 11.3 Å². The smallest absolute Gasteiger partial charge is 0.128 e. The molecule has 5 aromatic rings. The van der Waals surface area contributed by atoms with Crippen LogP contribution in [-0.4, -0.2) is 10.1 Å². The van der Waals surface area contributed by atoms with E-state index in [1.807, 2.05) is 36.4 Å². The fourth-order valence-corrected chi connectivity index (χ4v) is 4.82. The van der Waals surface area contributed by atoms with E-state index in [1.54, 1.807) is 12.1 Å². The average Bonchev–Trinajstić information content (AvgIpc) is 3.19. The molecule has 2 nitrogen and oxygen atoms in total. The van der Waals surface area contributed by atoms with Gasteiger partial charge in [0, 0.05) is 0 Å². The van der Waals surface area contributed by atoms with Gasteiger partial charge in [-0.25, -0.2) is 4.98 Å². The maximum Gasteiger partial charge on any atom is 0.128 e. The number of para-hydroxylation sites is 1. The van der Waals surface area contributed by atoms with E-state index in [-0.39, 0.29) is 5.75 Å². The molecule has 1 aromatic heterocycles. The van der Waals surface area contributed by atoms with Gasteiger partial charge >= 0.3 is 0 Å². The van der Waals surface area contributed by atoms with Crippen molar-refractivity contribution in [3.05, 3.63) is 96.0 Å². The summed E-state index contributed by atoms with van der Waals surface area (Å²) < 4.78 is 0.996. The molecule has 0 aliphatic rings. The summed E-state index contributed by atoms with van der Waals surface area (Å²) in [4.78, 5) is 4.67. The summed E-state index contributed by atoms with van der Waals surface area (Å²) in [5.74, 6) is 0.221. The number of aromatic hydroxyl groups is 1. The highest BCUT2D eigenvalue weighted by molar-refractivity contribution is 7.21. The first-order valence-corrected chi connectivity index (χ1v) is 10.4. The fraction of sp³-hybridized carbons (Fsp3) is 0. The molecule has 0 spiro atoms. The number of aromatic nitrogens is 1. The highest BCUT2D eigenvalue weighted by Crippen LogP contribution is 2.39. The van der Waals surface area contributed by atoms with Crippen molar-refractivity contribution in [1.82, 2.24) is 4.98 Å². The zero-order chi connectivity index (χ0) is 19.8. The lowest BCUT2D eigenvalue weighted by atomic mass is 9.99. The molecule has 0 saturated heterocycles. The highest BCUT2D eigenvalue weighted by Gasteiger charge is 2.14. The summed E-state index contributed by atoms with van der Waals surface area (Å²) in [7, 11) is 0. The maximum atomic E-state index is 10.2. The summed E-state index contributed by atoms with van der Waals surface area (Å²) in [6.07, 6.45) is 0. The number of hydrogen-bond donors (Lipinski definition) is 1. The zero-order valence-electron chi connectivity index (χ0n) is 15.3. The van der Waals surface area contributed by atoms with Crippen molar-refractivity contribution < 1.29 is 5.11 Å². The summed E-state index contributed by atoms with van der Waals surface area (Å²) in [5, 5.41) is 11.5. The van der Waals surface area contributed by atoms with Crippen molar-refractivity contribution in [2.24, 2.45) is 0 Å². The highest BCUT2D eigenvalue weighted by atomic mass is 35.5. The van der Waals surface area contributed by atoms with Crippen molar-refractivity contribution in [3.63, 3.8) is 0 Å². The predicted molar refractivity (Wildman–Crippen MR) is 123 cm³/mol. The lowest BCUT2D eigenvalue weighted by Gasteiger charge is -2.07. The van der Waals surface area contributed by atoms with E-state index in [0.717, 1.165) is 31.9 Å². The summed E-state index contributed by atoms with van der Waals surface area (Å²) in [5.41, 5.74) is 5.98. The lowest BCUT2D eigenvalue weighted by Crippen LogP contribution is -1.82. The van der Waals surface area contributed by atoms with Gasteiger partial charge in [0.1, 0.15) is 16.3 Å². The van der Waals surface area contributed by atoms with Gasteiger partial charge in [-0.1, -0.05) is 72.3 Å². The Morgan fingerprint density at radius 3 is 2.17 bits per heavy atom. The van der Waals surface area contributed by atoms with Crippen LogP contribution in [0, 0.1) is 0 Å². The Bertz CT molecular complexity index is 1330.